The summed E-state index contributed by atoms with van der Waals surface area (Å²) in [4.78, 5) is 11.6. The van der Waals surface area contributed by atoms with Gasteiger partial charge in [-0.25, -0.2) is 5.43 Å². The van der Waals surface area contributed by atoms with Gasteiger partial charge in [0.15, 0.2) is 6.61 Å². The molecule has 0 atom stereocenters. The van der Waals surface area contributed by atoms with E-state index >= 15 is 0 Å². The highest BCUT2D eigenvalue weighted by Crippen LogP contribution is 2.31. The highest BCUT2D eigenvalue weighted by atomic mass is 35.5. The van der Waals surface area contributed by atoms with E-state index < -0.39 is 5.91 Å². The van der Waals surface area contributed by atoms with Gasteiger partial charge in [0, 0.05) is 6.21 Å². The van der Waals surface area contributed by atoms with Gasteiger partial charge in [0.1, 0.15) is 10.8 Å². The van der Waals surface area contributed by atoms with Crippen molar-refractivity contribution in [3.8, 4) is 5.75 Å². The number of allylic oxidation sites excluding steroid dienone is 1. The molecule has 2 aromatic carbocycles. The zero-order chi connectivity index (χ0) is 16.5. The van der Waals surface area contributed by atoms with Gasteiger partial charge in [-0.1, -0.05) is 65.7 Å². The van der Waals surface area contributed by atoms with E-state index in [4.69, 9.17) is 27.9 Å². The zero-order valence-electron chi connectivity index (χ0n) is 12.1. The number of halogens is 2. The highest BCUT2D eigenvalue weighted by molar-refractivity contribution is 6.42. The topological polar surface area (TPSA) is 50.7 Å². The first-order valence-corrected chi connectivity index (χ1v) is 7.53. The van der Waals surface area contributed by atoms with Crippen LogP contribution in [0.15, 0.2) is 59.7 Å². The first kappa shape index (κ1) is 17.1. The number of rotatable bonds is 6. The van der Waals surface area contributed by atoms with Gasteiger partial charge in [-0.3, -0.25) is 4.79 Å². The number of nitrogens with one attached hydrogen (secondary N) is 1. The fourth-order valence-corrected chi connectivity index (χ4v) is 1.99. The maximum atomic E-state index is 11.6. The van der Waals surface area contributed by atoms with E-state index in [1.54, 1.807) is 24.3 Å². The van der Waals surface area contributed by atoms with E-state index in [2.05, 4.69) is 10.5 Å². The lowest BCUT2D eigenvalue weighted by Gasteiger charge is -2.07. The molecule has 0 unspecified atom stereocenters. The summed E-state index contributed by atoms with van der Waals surface area (Å²) in [5.41, 5.74) is 3.40. The first-order chi connectivity index (χ1) is 11.2. The highest BCUT2D eigenvalue weighted by Gasteiger charge is 2.07. The third kappa shape index (κ3) is 5.77. The van der Waals surface area contributed by atoms with Crippen molar-refractivity contribution in [1.29, 1.82) is 0 Å². The molecule has 1 N–H and O–H groups in total. The molecule has 0 saturated heterocycles. The van der Waals surface area contributed by atoms with Gasteiger partial charge in [0.2, 0.25) is 0 Å². The molecule has 1 amide bonds. The van der Waals surface area contributed by atoms with E-state index in [1.807, 2.05) is 36.4 Å². The molecule has 2 rings (SSSR count). The normalized spacial score (nSPS) is 11.0. The maximum absolute atomic E-state index is 11.6. The Labute approximate surface area is 144 Å². The zero-order valence-corrected chi connectivity index (χ0v) is 13.6. The van der Waals surface area contributed by atoms with E-state index in [-0.39, 0.29) is 11.6 Å². The molecule has 6 heteroatoms. The van der Waals surface area contributed by atoms with Crippen LogP contribution in [0.2, 0.25) is 10.0 Å². The van der Waals surface area contributed by atoms with Crippen LogP contribution in [-0.2, 0) is 4.79 Å². The minimum atomic E-state index is -0.398. The molecule has 0 bridgehead atoms. The van der Waals surface area contributed by atoms with Crippen molar-refractivity contribution < 1.29 is 9.53 Å². The fraction of sp³-hybridized carbons (Fsp3) is 0.0588. The van der Waals surface area contributed by atoms with E-state index in [9.17, 15) is 4.79 Å². The Hall–Kier alpha value is -2.30. The molecule has 0 heterocycles. The lowest BCUT2D eigenvalue weighted by Crippen LogP contribution is -2.24. The quantitative estimate of drug-likeness (QED) is 0.628. The van der Waals surface area contributed by atoms with E-state index in [1.165, 1.54) is 6.21 Å². The summed E-state index contributed by atoms with van der Waals surface area (Å²) in [7, 11) is 0. The Morgan fingerprint density at radius 2 is 1.91 bits per heavy atom. The molecule has 23 heavy (non-hydrogen) atoms. The van der Waals surface area contributed by atoms with Crippen molar-refractivity contribution in [3.63, 3.8) is 0 Å². The van der Waals surface area contributed by atoms with Crippen LogP contribution in [-0.4, -0.2) is 18.7 Å². The molecule has 4 nitrogen and oxygen atoms in total. The monoisotopic (exact) mass is 348 g/mol. The Morgan fingerprint density at radius 1 is 1.13 bits per heavy atom. The number of amides is 1. The average molecular weight is 349 g/mol. The van der Waals surface area contributed by atoms with Crippen LogP contribution < -0.4 is 10.2 Å². The number of hydrogen-bond donors (Lipinski definition) is 1. The van der Waals surface area contributed by atoms with Gasteiger partial charge < -0.3 is 4.74 Å². The summed E-state index contributed by atoms with van der Waals surface area (Å²) in [6.45, 7) is -0.209. The van der Waals surface area contributed by atoms with Gasteiger partial charge in [0.05, 0.1) is 5.02 Å². The second kappa shape index (κ2) is 8.98. The average Bonchev–Trinajstić information content (AvgIpc) is 2.57. The first-order valence-electron chi connectivity index (χ1n) is 6.77. The molecular weight excluding hydrogens is 335 g/mol. The second-order valence-electron chi connectivity index (χ2n) is 4.42. The number of nitrogens with zero attached hydrogens (tertiary/aromatic N) is 1. The maximum Gasteiger partial charge on any atom is 0.277 e. The summed E-state index contributed by atoms with van der Waals surface area (Å²) in [5, 5.41) is 4.43. The van der Waals surface area contributed by atoms with Crippen molar-refractivity contribution in [2.24, 2.45) is 5.10 Å². The van der Waals surface area contributed by atoms with Crippen LogP contribution >= 0.6 is 23.2 Å². The van der Waals surface area contributed by atoms with Crippen molar-refractivity contribution in [1.82, 2.24) is 5.43 Å². The van der Waals surface area contributed by atoms with Crippen molar-refractivity contribution >= 4 is 41.4 Å². The largest absolute Gasteiger partial charge is 0.482 e. The third-order valence-electron chi connectivity index (χ3n) is 2.71. The number of hydrogen-bond acceptors (Lipinski definition) is 3. The molecule has 0 radical (unpaired) electrons. The second-order valence-corrected chi connectivity index (χ2v) is 5.21. The number of ether oxygens (including phenoxy) is 1. The number of hydrazone groups is 1. The van der Waals surface area contributed by atoms with Crippen molar-refractivity contribution in [3.05, 3.63) is 70.2 Å². The van der Waals surface area contributed by atoms with Crippen molar-refractivity contribution in [2.45, 2.75) is 0 Å². The van der Waals surface area contributed by atoms with Crippen LogP contribution in [0, 0.1) is 0 Å². The number of carbonyl (C=O) groups excluding carboxylic acids is 1. The molecule has 0 aromatic heterocycles. The van der Waals surface area contributed by atoms with Crippen LogP contribution in [0.1, 0.15) is 5.56 Å². The summed E-state index contributed by atoms with van der Waals surface area (Å²) in [6, 6.07) is 14.7. The van der Waals surface area contributed by atoms with E-state index in [0.29, 0.717) is 10.8 Å². The standard InChI is InChI=1S/C17H14Cl2N2O2/c18-14-9-4-10-15(17(14)19)23-12-16(22)21-20-11-5-8-13-6-2-1-3-7-13/h1-11H,12H2,(H,21,22)/b8-5+,20-11-. The number of benzene rings is 2. The molecule has 0 saturated carbocycles. The molecule has 0 aliphatic rings. The van der Waals surface area contributed by atoms with Crippen molar-refractivity contribution in [2.75, 3.05) is 6.61 Å². The Kier molecular flexibility index (Phi) is 6.66. The summed E-state index contributed by atoms with van der Waals surface area (Å²) < 4.78 is 5.29. The van der Waals surface area contributed by atoms with Crippen LogP contribution in [0.4, 0.5) is 0 Å². The van der Waals surface area contributed by atoms with Gasteiger partial charge in [-0.15, -0.1) is 0 Å². The smallest absolute Gasteiger partial charge is 0.277 e. The third-order valence-corrected chi connectivity index (χ3v) is 3.51. The Balaban J connectivity index is 1.76. The van der Waals surface area contributed by atoms with Crippen LogP contribution in [0.5, 0.6) is 5.75 Å². The molecule has 0 aliphatic heterocycles. The van der Waals surface area contributed by atoms with Gasteiger partial charge >= 0.3 is 0 Å². The minimum Gasteiger partial charge on any atom is -0.482 e. The van der Waals surface area contributed by atoms with E-state index in [0.717, 1.165) is 5.56 Å². The molecular formula is C17H14Cl2N2O2. The van der Waals surface area contributed by atoms with Crippen LogP contribution in [0.25, 0.3) is 6.08 Å². The van der Waals surface area contributed by atoms with Crippen LogP contribution in [0.3, 0.4) is 0 Å². The lowest BCUT2D eigenvalue weighted by molar-refractivity contribution is -0.123. The summed E-state index contributed by atoms with van der Waals surface area (Å²) in [5.74, 6) is -0.0485. The molecule has 2 aromatic rings. The molecule has 0 fully saturated rings. The van der Waals surface area contributed by atoms with Gasteiger partial charge in [-0.05, 0) is 23.8 Å². The van der Waals surface area contributed by atoms with Gasteiger partial charge in [0.25, 0.3) is 5.91 Å². The summed E-state index contributed by atoms with van der Waals surface area (Å²) in [6.07, 6.45) is 5.08. The molecule has 118 valence electrons. The SMILES string of the molecule is O=C(COc1cccc(Cl)c1Cl)N/N=C\C=C\c1ccccc1. The van der Waals surface area contributed by atoms with Gasteiger partial charge in [-0.2, -0.15) is 5.10 Å². The Morgan fingerprint density at radius 3 is 2.70 bits per heavy atom. The lowest BCUT2D eigenvalue weighted by atomic mass is 10.2. The predicted octanol–water partition coefficient (Wildman–Crippen LogP) is 4.19. The minimum absolute atomic E-state index is 0.209. The number of carbonyl (C=O) groups is 1. The molecule has 0 aliphatic carbocycles. The Bertz CT molecular complexity index is 716. The summed E-state index contributed by atoms with van der Waals surface area (Å²) >= 11 is 11.8. The predicted molar refractivity (Wildman–Crippen MR) is 94.1 cm³/mol. The molecule has 0 spiro atoms. The fourth-order valence-electron chi connectivity index (χ4n) is 1.64.